The van der Waals surface area contributed by atoms with Gasteiger partial charge in [0, 0.05) is 36.9 Å². The molecule has 0 aliphatic carbocycles. The molecule has 3 heterocycles. The van der Waals surface area contributed by atoms with Gasteiger partial charge in [-0.15, -0.1) is 0 Å². The Balaban J connectivity index is 1.69. The van der Waals surface area contributed by atoms with Crippen molar-refractivity contribution >= 4 is 5.91 Å². The number of nitrogens with zero attached hydrogens (tertiary/aromatic N) is 4. The number of hydrogen-bond donors (Lipinski definition) is 0. The number of likely N-dealkylation sites (tertiary alicyclic amines) is 1. The van der Waals surface area contributed by atoms with Crippen molar-refractivity contribution in [2.45, 2.75) is 47.1 Å². The van der Waals surface area contributed by atoms with Crippen LogP contribution in [0.1, 0.15) is 39.8 Å². The standard InChI is InChI=1S/C20H28N4O/c1-5-24-18(9-11-21-24)17-8-6-7-16(22-17)13-15-10-12-23(14-15)19(25)20(2,3)4/h6-9,11,15H,5,10,12-14H2,1-4H3. The second-order valence-electron chi connectivity index (χ2n) is 7.91. The number of aryl methyl sites for hydroxylation is 1. The first-order valence-corrected chi connectivity index (χ1v) is 9.16. The molecule has 0 saturated carbocycles. The lowest BCUT2D eigenvalue weighted by atomic mass is 9.95. The molecule has 0 spiro atoms. The lowest BCUT2D eigenvalue weighted by molar-refractivity contribution is -0.138. The van der Waals surface area contributed by atoms with Crippen LogP contribution in [0.5, 0.6) is 0 Å². The highest BCUT2D eigenvalue weighted by atomic mass is 16.2. The van der Waals surface area contributed by atoms with Gasteiger partial charge in [0.1, 0.15) is 0 Å². The molecule has 25 heavy (non-hydrogen) atoms. The van der Waals surface area contributed by atoms with Crippen LogP contribution in [0, 0.1) is 11.3 Å². The molecule has 1 aliphatic heterocycles. The maximum Gasteiger partial charge on any atom is 0.227 e. The van der Waals surface area contributed by atoms with Crippen molar-refractivity contribution in [3.05, 3.63) is 36.2 Å². The number of hydrogen-bond acceptors (Lipinski definition) is 3. The monoisotopic (exact) mass is 340 g/mol. The molecule has 1 fully saturated rings. The number of amides is 1. The van der Waals surface area contributed by atoms with E-state index in [9.17, 15) is 4.79 Å². The predicted octanol–water partition coefficient (Wildman–Crippen LogP) is 3.40. The minimum atomic E-state index is -0.300. The van der Waals surface area contributed by atoms with Gasteiger partial charge in [-0.2, -0.15) is 5.10 Å². The summed E-state index contributed by atoms with van der Waals surface area (Å²) < 4.78 is 1.96. The second kappa shape index (κ2) is 6.98. The Morgan fingerprint density at radius 1 is 1.28 bits per heavy atom. The Morgan fingerprint density at radius 3 is 2.80 bits per heavy atom. The molecule has 1 aliphatic rings. The van der Waals surface area contributed by atoms with E-state index in [1.165, 1.54) is 0 Å². The first kappa shape index (κ1) is 17.6. The van der Waals surface area contributed by atoms with Crippen LogP contribution >= 0.6 is 0 Å². The Bertz CT molecular complexity index is 744. The maximum absolute atomic E-state index is 12.4. The SMILES string of the molecule is CCn1nccc1-c1cccc(CC2CCN(C(=O)C(C)(C)C)C2)n1. The number of carbonyl (C=O) groups is 1. The van der Waals surface area contributed by atoms with Crippen LogP contribution in [0.25, 0.3) is 11.4 Å². The molecule has 1 saturated heterocycles. The van der Waals surface area contributed by atoms with Crippen LogP contribution in [0.4, 0.5) is 0 Å². The third kappa shape index (κ3) is 3.91. The summed E-state index contributed by atoms with van der Waals surface area (Å²) >= 11 is 0. The summed E-state index contributed by atoms with van der Waals surface area (Å²) in [7, 11) is 0. The average molecular weight is 340 g/mol. The minimum absolute atomic E-state index is 0.253. The van der Waals surface area contributed by atoms with E-state index in [0.29, 0.717) is 5.92 Å². The molecular weight excluding hydrogens is 312 g/mol. The summed E-state index contributed by atoms with van der Waals surface area (Å²) in [6.07, 6.45) is 3.79. The third-order valence-corrected chi connectivity index (χ3v) is 4.80. The van der Waals surface area contributed by atoms with Gasteiger partial charge in [0.25, 0.3) is 0 Å². The molecule has 0 bridgehead atoms. The first-order valence-electron chi connectivity index (χ1n) is 9.16. The molecule has 5 heteroatoms. The quantitative estimate of drug-likeness (QED) is 0.857. The molecule has 2 aromatic rings. The van der Waals surface area contributed by atoms with Gasteiger partial charge < -0.3 is 4.90 Å². The molecular formula is C20H28N4O. The molecule has 134 valence electrons. The van der Waals surface area contributed by atoms with E-state index < -0.39 is 0 Å². The van der Waals surface area contributed by atoms with Crippen molar-refractivity contribution in [2.24, 2.45) is 11.3 Å². The van der Waals surface area contributed by atoms with Gasteiger partial charge in [0.15, 0.2) is 0 Å². The number of carbonyl (C=O) groups excluding carboxylic acids is 1. The van der Waals surface area contributed by atoms with E-state index >= 15 is 0 Å². The fraction of sp³-hybridized carbons (Fsp3) is 0.550. The highest BCUT2D eigenvalue weighted by Gasteiger charge is 2.32. The molecule has 0 aromatic carbocycles. The van der Waals surface area contributed by atoms with Gasteiger partial charge >= 0.3 is 0 Å². The first-order chi connectivity index (χ1) is 11.9. The van der Waals surface area contributed by atoms with Crippen molar-refractivity contribution in [2.75, 3.05) is 13.1 Å². The van der Waals surface area contributed by atoms with Crippen LogP contribution in [0.2, 0.25) is 0 Å². The van der Waals surface area contributed by atoms with Crippen molar-refractivity contribution in [3.8, 4) is 11.4 Å². The summed E-state index contributed by atoms with van der Waals surface area (Å²) in [6.45, 7) is 10.6. The fourth-order valence-electron chi connectivity index (χ4n) is 3.49. The van der Waals surface area contributed by atoms with Gasteiger partial charge in [0.2, 0.25) is 5.91 Å². The van der Waals surface area contributed by atoms with Gasteiger partial charge in [-0.25, -0.2) is 0 Å². The van der Waals surface area contributed by atoms with Crippen LogP contribution in [-0.2, 0) is 17.8 Å². The molecule has 2 aromatic heterocycles. The summed E-state index contributed by atoms with van der Waals surface area (Å²) in [4.78, 5) is 19.3. The van der Waals surface area contributed by atoms with E-state index in [4.69, 9.17) is 4.98 Å². The molecule has 5 nitrogen and oxygen atoms in total. The Labute approximate surface area is 150 Å². The zero-order valence-corrected chi connectivity index (χ0v) is 15.7. The third-order valence-electron chi connectivity index (χ3n) is 4.80. The minimum Gasteiger partial charge on any atom is -0.342 e. The Hall–Kier alpha value is -2.17. The highest BCUT2D eigenvalue weighted by molar-refractivity contribution is 5.81. The molecule has 3 rings (SSSR count). The summed E-state index contributed by atoms with van der Waals surface area (Å²) in [5, 5.41) is 4.33. The van der Waals surface area contributed by atoms with Crippen LogP contribution in [0.3, 0.4) is 0 Å². The van der Waals surface area contributed by atoms with E-state index in [1.54, 1.807) is 0 Å². The van der Waals surface area contributed by atoms with Crippen LogP contribution in [0.15, 0.2) is 30.5 Å². The van der Waals surface area contributed by atoms with E-state index in [1.807, 2.05) is 48.7 Å². The van der Waals surface area contributed by atoms with Crippen molar-refractivity contribution in [3.63, 3.8) is 0 Å². The molecule has 1 amide bonds. The van der Waals surface area contributed by atoms with Crippen molar-refractivity contribution < 1.29 is 4.79 Å². The lowest BCUT2D eigenvalue weighted by Crippen LogP contribution is -2.38. The van der Waals surface area contributed by atoms with Gasteiger partial charge in [-0.1, -0.05) is 26.8 Å². The second-order valence-corrected chi connectivity index (χ2v) is 7.91. The summed E-state index contributed by atoms with van der Waals surface area (Å²) in [5.41, 5.74) is 2.82. The predicted molar refractivity (Wildman–Crippen MR) is 99.0 cm³/mol. The highest BCUT2D eigenvalue weighted by Crippen LogP contribution is 2.26. The summed E-state index contributed by atoms with van der Waals surface area (Å²) in [6, 6.07) is 8.20. The Morgan fingerprint density at radius 2 is 2.08 bits per heavy atom. The van der Waals surface area contributed by atoms with Gasteiger partial charge in [-0.05, 0) is 43.9 Å². The number of aromatic nitrogens is 3. The number of pyridine rings is 1. The average Bonchev–Trinajstić information content (AvgIpc) is 3.22. The Kier molecular flexibility index (Phi) is 4.93. The zero-order chi connectivity index (χ0) is 18.0. The lowest BCUT2D eigenvalue weighted by Gasteiger charge is -2.25. The van der Waals surface area contributed by atoms with E-state index in [-0.39, 0.29) is 11.3 Å². The largest absolute Gasteiger partial charge is 0.342 e. The van der Waals surface area contributed by atoms with Crippen molar-refractivity contribution in [1.82, 2.24) is 19.7 Å². The molecule has 1 unspecified atom stereocenters. The fourth-order valence-corrected chi connectivity index (χ4v) is 3.49. The number of rotatable bonds is 4. The van der Waals surface area contributed by atoms with E-state index in [2.05, 4.69) is 24.2 Å². The summed E-state index contributed by atoms with van der Waals surface area (Å²) in [5.74, 6) is 0.744. The van der Waals surface area contributed by atoms with Gasteiger partial charge in [0.05, 0.1) is 11.4 Å². The zero-order valence-electron chi connectivity index (χ0n) is 15.7. The molecule has 0 radical (unpaired) electrons. The molecule has 0 N–H and O–H groups in total. The smallest absolute Gasteiger partial charge is 0.227 e. The van der Waals surface area contributed by atoms with Crippen LogP contribution in [-0.4, -0.2) is 38.7 Å². The maximum atomic E-state index is 12.4. The normalized spacial score (nSPS) is 17.9. The topological polar surface area (TPSA) is 51.0 Å². The van der Waals surface area contributed by atoms with Crippen molar-refractivity contribution in [1.29, 1.82) is 0 Å². The molecule has 1 atom stereocenters. The van der Waals surface area contributed by atoms with Crippen LogP contribution < -0.4 is 0 Å². The van der Waals surface area contributed by atoms with E-state index in [0.717, 1.165) is 49.6 Å². The van der Waals surface area contributed by atoms with Gasteiger partial charge in [-0.3, -0.25) is 14.5 Å².